The highest BCUT2D eigenvalue weighted by atomic mass is 16.6. The summed E-state index contributed by atoms with van der Waals surface area (Å²) in [6.07, 6.45) is 4.60. The molecule has 0 aromatic carbocycles. The number of rotatable bonds is 2. The van der Waals surface area contributed by atoms with Crippen LogP contribution >= 0.6 is 0 Å². The summed E-state index contributed by atoms with van der Waals surface area (Å²) in [5.41, 5.74) is -0.595. The molecule has 1 saturated heterocycles. The molecule has 0 aromatic heterocycles. The maximum atomic E-state index is 11.3. The van der Waals surface area contributed by atoms with E-state index in [4.69, 9.17) is 9.47 Å². The van der Waals surface area contributed by atoms with E-state index in [9.17, 15) is 4.79 Å². The summed E-state index contributed by atoms with van der Waals surface area (Å²) in [7, 11) is 0. The lowest BCUT2D eigenvalue weighted by Crippen LogP contribution is -2.27. The normalized spacial score (nSPS) is 35.1. The second-order valence-electron chi connectivity index (χ2n) is 3.83. The third kappa shape index (κ3) is 1.46. The number of carbonyl (C=O) groups excluding carboxylic acids is 1. The summed E-state index contributed by atoms with van der Waals surface area (Å²) in [6.45, 7) is 2.31. The fourth-order valence-electron chi connectivity index (χ4n) is 1.51. The average molecular weight is 170 g/mol. The van der Waals surface area contributed by atoms with E-state index in [1.54, 1.807) is 6.92 Å². The van der Waals surface area contributed by atoms with E-state index in [1.165, 1.54) is 12.8 Å². The van der Waals surface area contributed by atoms with Crippen LogP contribution in [0.15, 0.2) is 0 Å². The fourth-order valence-corrected chi connectivity index (χ4v) is 1.51. The Morgan fingerprint density at radius 3 is 2.58 bits per heavy atom. The molecule has 1 aliphatic heterocycles. The molecule has 0 spiro atoms. The van der Waals surface area contributed by atoms with Crippen molar-refractivity contribution in [1.29, 1.82) is 0 Å². The summed E-state index contributed by atoms with van der Waals surface area (Å²) in [4.78, 5) is 11.3. The first-order valence-electron chi connectivity index (χ1n) is 4.56. The van der Waals surface area contributed by atoms with E-state index in [-0.39, 0.29) is 12.1 Å². The van der Waals surface area contributed by atoms with Gasteiger partial charge in [0.25, 0.3) is 0 Å². The van der Waals surface area contributed by atoms with E-state index < -0.39 is 5.60 Å². The first-order chi connectivity index (χ1) is 5.71. The quantitative estimate of drug-likeness (QED) is 0.462. The van der Waals surface area contributed by atoms with Gasteiger partial charge in [-0.05, 0) is 32.6 Å². The minimum Gasteiger partial charge on any atom is -0.460 e. The number of hydrogen-bond donors (Lipinski definition) is 0. The lowest BCUT2D eigenvalue weighted by Gasteiger charge is -2.12. The summed E-state index contributed by atoms with van der Waals surface area (Å²) < 4.78 is 10.3. The zero-order valence-corrected chi connectivity index (χ0v) is 7.34. The van der Waals surface area contributed by atoms with Gasteiger partial charge in [0.1, 0.15) is 6.10 Å². The summed E-state index contributed by atoms with van der Waals surface area (Å²) in [5, 5.41) is 0. The van der Waals surface area contributed by atoms with E-state index in [1.807, 2.05) is 0 Å². The average Bonchev–Trinajstić information content (AvgIpc) is 2.63. The van der Waals surface area contributed by atoms with Crippen LogP contribution in [0.4, 0.5) is 0 Å². The molecule has 1 heterocycles. The molecule has 1 saturated carbocycles. The van der Waals surface area contributed by atoms with Gasteiger partial charge in [0.05, 0.1) is 6.61 Å². The van der Waals surface area contributed by atoms with E-state index >= 15 is 0 Å². The number of ether oxygens (including phenoxy) is 2. The lowest BCUT2D eigenvalue weighted by molar-refractivity contribution is -0.154. The lowest BCUT2D eigenvalue weighted by atomic mass is 10.2. The summed E-state index contributed by atoms with van der Waals surface area (Å²) in [5.74, 6) is -0.172. The molecule has 0 bridgehead atoms. The number of epoxide rings is 1. The van der Waals surface area contributed by atoms with Gasteiger partial charge in [0.2, 0.25) is 0 Å². The highest BCUT2D eigenvalue weighted by Crippen LogP contribution is 2.30. The SMILES string of the molecule is CC1(C(=O)OC2CCCC2)CO1. The number of hydrogen-bond acceptors (Lipinski definition) is 3. The Balaban J connectivity index is 1.82. The van der Waals surface area contributed by atoms with Gasteiger partial charge in [-0.1, -0.05) is 0 Å². The molecule has 0 N–H and O–H groups in total. The van der Waals surface area contributed by atoms with Gasteiger partial charge in [-0.25, -0.2) is 4.79 Å². The van der Waals surface area contributed by atoms with Crippen LogP contribution in [0.25, 0.3) is 0 Å². The van der Waals surface area contributed by atoms with Crippen LogP contribution in [0.3, 0.4) is 0 Å². The molecule has 12 heavy (non-hydrogen) atoms. The Hall–Kier alpha value is -0.570. The Bertz CT molecular complexity index is 190. The van der Waals surface area contributed by atoms with Crippen molar-refractivity contribution in [3.05, 3.63) is 0 Å². The molecule has 0 radical (unpaired) electrons. The van der Waals surface area contributed by atoms with Crippen LogP contribution in [-0.2, 0) is 14.3 Å². The molecule has 0 amide bonds. The van der Waals surface area contributed by atoms with Crippen molar-refractivity contribution >= 4 is 5.97 Å². The van der Waals surface area contributed by atoms with E-state index in [0.29, 0.717) is 6.61 Å². The third-order valence-electron chi connectivity index (χ3n) is 2.59. The Kier molecular flexibility index (Phi) is 1.83. The van der Waals surface area contributed by atoms with Gasteiger partial charge in [0, 0.05) is 0 Å². The molecule has 2 aliphatic rings. The minimum atomic E-state index is -0.595. The predicted octanol–water partition coefficient (Wildman–Crippen LogP) is 1.26. The van der Waals surface area contributed by atoms with Crippen molar-refractivity contribution in [1.82, 2.24) is 0 Å². The van der Waals surface area contributed by atoms with Gasteiger partial charge in [-0.2, -0.15) is 0 Å². The third-order valence-corrected chi connectivity index (χ3v) is 2.59. The van der Waals surface area contributed by atoms with Crippen LogP contribution in [0.1, 0.15) is 32.6 Å². The van der Waals surface area contributed by atoms with Crippen LogP contribution in [0, 0.1) is 0 Å². The molecule has 3 nitrogen and oxygen atoms in total. The van der Waals surface area contributed by atoms with Gasteiger partial charge >= 0.3 is 5.97 Å². The van der Waals surface area contributed by atoms with Gasteiger partial charge < -0.3 is 9.47 Å². The maximum absolute atomic E-state index is 11.3. The van der Waals surface area contributed by atoms with Crippen LogP contribution in [0.2, 0.25) is 0 Å². The first kappa shape index (κ1) is 8.05. The second kappa shape index (κ2) is 2.73. The molecular formula is C9H14O3. The topological polar surface area (TPSA) is 38.8 Å². The first-order valence-corrected chi connectivity index (χ1v) is 4.56. The molecule has 0 aromatic rings. The Morgan fingerprint density at radius 2 is 2.08 bits per heavy atom. The summed E-state index contributed by atoms with van der Waals surface area (Å²) in [6, 6.07) is 0. The van der Waals surface area contributed by atoms with E-state index in [2.05, 4.69) is 0 Å². The monoisotopic (exact) mass is 170 g/mol. The maximum Gasteiger partial charge on any atom is 0.340 e. The van der Waals surface area contributed by atoms with Gasteiger partial charge in [-0.15, -0.1) is 0 Å². The minimum absolute atomic E-state index is 0.165. The highest BCUT2D eigenvalue weighted by molar-refractivity contribution is 5.81. The standard InChI is InChI=1S/C9H14O3/c1-9(6-11-9)8(10)12-7-4-2-3-5-7/h7H,2-6H2,1H3. The summed E-state index contributed by atoms with van der Waals surface area (Å²) >= 11 is 0. The van der Waals surface area contributed by atoms with E-state index in [0.717, 1.165) is 12.8 Å². The molecule has 2 rings (SSSR count). The van der Waals surface area contributed by atoms with Crippen molar-refractivity contribution in [2.24, 2.45) is 0 Å². The second-order valence-corrected chi connectivity index (χ2v) is 3.83. The molecule has 2 fully saturated rings. The Morgan fingerprint density at radius 1 is 1.50 bits per heavy atom. The Labute approximate surface area is 72.0 Å². The zero-order valence-electron chi connectivity index (χ0n) is 7.34. The smallest absolute Gasteiger partial charge is 0.340 e. The van der Waals surface area contributed by atoms with Crippen molar-refractivity contribution in [3.63, 3.8) is 0 Å². The number of esters is 1. The van der Waals surface area contributed by atoms with Crippen LogP contribution in [0.5, 0.6) is 0 Å². The van der Waals surface area contributed by atoms with Gasteiger partial charge in [-0.3, -0.25) is 0 Å². The molecule has 1 unspecified atom stereocenters. The molecular weight excluding hydrogens is 156 g/mol. The molecule has 1 aliphatic carbocycles. The van der Waals surface area contributed by atoms with Crippen LogP contribution in [-0.4, -0.2) is 24.3 Å². The highest BCUT2D eigenvalue weighted by Gasteiger charge is 2.49. The van der Waals surface area contributed by atoms with Gasteiger partial charge in [0.15, 0.2) is 5.60 Å². The van der Waals surface area contributed by atoms with Crippen molar-refractivity contribution < 1.29 is 14.3 Å². The molecule has 3 heteroatoms. The molecule has 68 valence electrons. The van der Waals surface area contributed by atoms with Crippen molar-refractivity contribution in [2.45, 2.75) is 44.3 Å². The largest absolute Gasteiger partial charge is 0.460 e. The van der Waals surface area contributed by atoms with Crippen LogP contribution < -0.4 is 0 Å². The zero-order chi connectivity index (χ0) is 8.60. The predicted molar refractivity (Wildman–Crippen MR) is 42.7 cm³/mol. The fraction of sp³-hybridized carbons (Fsp3) is 0.889. The number of carbonyl (C=O) groups is 1. The molecule has 1 atom stereocenters. The van der Waals surface area contributed by atoms with Crippen molar-refractivity contribution in [3.8, 4) is 0 Å². The van der Waals surface area contributed by atoms with Crippen molar-refractivity contribution in [2.75, 3.05) is 6.61 Å².